The van der Waals surface area contributed by atoms with Crippen LogP contribution in [0.5, 0.6) is 0 Å². The number of nitrogens with one attached hydrogen (secondary N) is 2. The SMILES string of the molecule is CCCN(CCC)C(=O)c1cc(C)cc(C(=O)NC(Cc2ccccc2)C(O)CN(CC)NC(=O)CCC(C)C)c1. The summed E-state index contributed by atoms with van der Waals surface area (Å²) in [4.78, 5) is 41.1. The molecule has 226 valence electrons. The molecular formula is C33H50N4O4. The maximum Gasteiger partial charge on any atom is 0.253 e. The number of aliphatic hydroxyl groups is 1. The van der Waals surface area contributed by atoms with Gasteiger partial charge in [-0.25, -0.2) is 5.01 Å². The second-order valence-corrected chi connectivity index (χ2v) is 11.2. The van der Waals surface area contributed by atoms with Crippen molar-refractivity contribution in [3.05, 3.63) is 70.8 Å². The predicted octanol–water partition coefficient (Wildman–Crippen LogP) is 4.75. The third-order valence-corrected chi connectivity index (χ3v) is 6.96. The van der Waals surface area contributed by atoms with Crippen molar-refractivity contribution < 1.29 is 19.5 Å². The van der Waals surface area contributed by atoms with Crippen LogP contribution in [0.2, 0.25) is 0 Å². The first kappa shape index (κ1) is 34.0. The lowest BCUT2D eigenvalue weighted by atomic mass is 9.99. The second-order valence-electron chi connectivity index (χ2n) is 11.2. The standard InChI is InChI=1S/C33H50N4O4/c1-7-17-36(18-8-2)33(41)28-20-25(6)19-27(22-28)32(40)34-29(21-26-13-11-10-12-14-26)30(38)23-37(9-3)35-31(39)16-15-24(4)5/h10-14,19-20,22,24,29-30,38H,7-9,15-18,21,23H2,1-6H3,(H,34,40)(H,35,39). The molecule has 0 aliphatic heterocycles. The lowest BCUT2D eigenvalue weighted by molar-refractivity contribution is -0.126. The van der Waals surface area contributed by atoms with Gasteiger partial charge in [-0.2, -0.15) is 0 Å². The van der Waals surface area contributed by atoms with Crippen molar-refractivity contribution in [2.24, 2.45) is 5.92 Å². The van der Waals surface area contributed by atoms with Crippen molar-refractivity contribution in [1.82, 2.24) is 20.7 Å². The molecule has 3 amide bonds. The van der Waals surface area contributed by atoms with Gasteiger partial charge >= 0.3 is 0 Å². The van der Waals surface area contributed by atoms with E-state index in [4.69, 9.17) is 0 Å². The highest BCUT2D eigenvalue weighted by atomic mass is 16.3. The molecule has 2 atom stereocenters. The molecular weight excluding hydrogens is 516 g/mol. The molecule has 0 aliphatic carbocycles. The van der Waals surface area contributed by atoms with Crippen LogP contribution >= 0.6 is 0 Å². The number of hydrogen-bond acceptors (Lipinski definition) is 5. The molecule has 2 unspecified atom stereocenters. The number of aryl methyl sites for hydroxylation is 1. The van der Waals surface area contributed by atoms with E-state index in [1.165, 1.54) is 0 Å². The monoisotopic (exact) mass is 566 g/mol. The van der Waals surface area contributed by atoms with Gasteiger partial charge in [0.15, 0.2) is 0 Å². The van der Waals surface area contributed by atoms with Crippen molar-refractivity contribution in [2.45, 2.75) is 85.8 Å². The van der Waals surface area contributed by atoms with Crippen LogP contribution in [0.3, 0.4) is 0 Å². The predicted molar refractivity (Wildman–Crippen MR) is 165 cm³/mol. The van der Waals surface area contributed by atoms with Gasteiger partial charge in [-0.15, -0.1) is 0 Å². The van der Waals surface area contributed by atoms with Crippen molar-refractivity contribution in [3.63, 3.8) is 0 Å². The molecule has 0 aromatic heterocycles. The Labute approximate surface area is 246 Å². The van der Waals surface area contributed by atoms with Crippen LogP contribution in [0.4, 0.5) is 0 Å². The minimum absolute atomic E-state index is 0.0842. The van der Waals surface area contributed by atoms with Crippen molar-refractivity contribution in [1.29, 1.82) is 0 Å². The molecule has 0 radical (unpaired) electrons. The largest absolute Gasteiger partial charge is 0.390 e. The Morgan fingerprint density at radius 2 is 1.56 bits per heavy atom. The minimum Gasteiger partial charge on any atom is -0.390 e. The van der Waals surface area contributed by atoms with Crippen LogP contribution in [0.25, 0.3) is 0 Å². The molecule has 8 nitrogen and oxygen atoms in total. The van der Waals surface area contributed by atoms with Crippen molar-refractivity contribution in [3.8, 4) is 0 Å². The second kappa shape index (κ2) is 17.6. The molecule has 2 aromatic carbocycles. The topological polar surface area (TPSA) is 102 Å². The maximum absolute atomic E-state index is 13.5. The lowest BCUT2D eigenvalue weighted by Crippen LogP contribution is -2.53. The molecule has 0 saturated heterocycles. The van der Waals surface area contributed by atoms with Gasteiger partial charge in [-0.1, -0.05) is 65.0 Å². The first-order valence-corrected chi connectivity index (χ1v) is 15.1. The van der Waals surface area contributed by atoms with E-state index in [0.717, 1.165) is 30.4 Å². The van der Waals surface area contributed by atoms with Crippen LogP contribution in [0.15, 0.2) is 48.5 Å². The molecule has 0 aliphatic rings. The fraction of sp³-hybridized carbons (Fsp3) is 0.545. The number of aliphatic hydroxyl groups excluding tert-OH is 1. The molecule has 2 rings (SSSR count). The summed E-state index contributed by atoms with van der Waals surface area (Å²) < 4.78 is 0. The Balaban J connectivity index is 2.25. The molecule has 0 saturated carbocycles. The third kappa shape index (κ3) is 11.7. The van der Waals surface area contributed by atoms with Gasteiger partial charge in [0, 0.05) is 43.7 Å². The van der Waals surface area contributed by atoms with E-state index < -0.39 is 12.1 Å². The summed E-state index contributed by atoms with van der Waals surface area (Å²) in [5.41, 5.74) is 5.54. The number of carbonyl (C=O) groups excluding carboxylic acids is 3. The quantitative estimate of drug-likeness (QED) is 0.240. The first-order valence-electron chi connectivity index (χ1n) is 15.1. The number of hydrogen-bond donors (Lipinski definition) is 3. The summed E-state index contributed by atoms with van der Waals surface area (Å²) in [5, 5.41) is 16.0. The Morgan fingerprint density at radius 3 is 2.15 bits per heavy atom. The van der Waals surface area contributed by atoms with Crippen molar-refractivity contribution >= 4 is 17.7 Å². The van der Waals surface area contributed by atoms with Crippen LogP contribution in [-0.4, -0.2) is 71.1 Å². The summed E-state index contributed by atoms with van der Waals surface area (Å²) in [5.74, 6) is -0.109. The van der Waals surface area contributed by atoms with Gasteiger partial charge in [0.25, 0.3) is 11.8 Å². The molecule has 2 aromatic rings. The minimum atomic E-state index is -0.958. The molecule has 0 fully saturated rings. The maximum atomic E-state index is 13.5. The number of nitrogens with zero attached hydrogens (tertiary/aromatic N) is 2. The summed E-state index contributed by atoms with van der Waals surface area (Å²) in [6.07, 6.45) is 2.36. The summed E-state index contributed by atoms with van der Waals surface area (Å²) in [6.45, 7) is 14.0. The van der Waals surface area contributed by atoms with Crippen molar-refractivity contribution in [2.75, 3.05) is 26.2 Å². The molecule has 41 heavy (non-hydrogen) atoms. The number of hydrazine groups is 1. The van der Waals surface area contributed by atoms with Crippen LogP contribution in [0, 0.1) is 12.8 Å². The zero-order valence-electron chi connectivity index (χ0n) is 25.8. The molecule has 0 bridgehead atoms. The smallest absolute Gasteiger partial charge is 0.253 e. The molecule has 8 heteroatoms. The highest BCUT2D eigenvalue weighted by molar-refractivity contribution is 6.00. The van der Waals surface area contributed by atoms with Crippen LogP contribution in [0.1, 0.15) is 92.1 Å². The Hall–Kier alpha value is -3.23. The van der Waals surface area contributed by atoms with Gasteiger partial charge in [-0.05, 0) is 67.9 Å². The summed E-state index contributed by atoms with van der Waals surface area (Å²) >= 11 is 0. The average Bonchev–Trinajstić information content (AvgIpc) is 2.94. The zero-order chi connectivity index (χ0) is 30.4. The Morgan fingerprint density at radius 1 is 0.927 bits per heavy atom. The van der Waals surface area contributed by atoms with E-state index in [9.17, 15) is 19.5 Å². The number of amides is 3. The Kier molecular flexibility index (Phi) is 14.5. The number of carbonyl (C=O) groups is 3. The summed E-state index contributed by atoms with van der Waals surface area (Å²) in [7, 11) is 0. The van der Waals surface area contributed by atoms with E-state index in [0.29, 0.717) is 49.5 Å². The third-order valence-electron chi connectivity index (χ3n) is 6.96. The Bertz CT molecular complexity index is 1100. The van der Waals surface area contributed by atoms with Gasteiger partial charge in [0.2, 0.25) is 5.91 Å². The number of rotatable bonds is 17. The van der Waals surface area contributed by atoms with Crippen LogP contribution in [-0.2, 0) is 11.2 Å². The summed E-state index contributed by atoms with van der Waals surface area (Å²) in [6, 6.07) is 14.3. The van der Waals surface area contributed by atoms with E-state index in [1.807, 2.05) is 69.0 Å². The zero-order valence-corrected chi connectivity index (χ0v) is 25.8. The molecule has 0 heterocycles. The molecule has 3 N–H and O–H groups in total. The van der Waals surface area contributed by atoms with Gasteiger partial charge in [0.05, 0.1) is 12.1 Å². The average molecular weight is 567 g/mol. The van der Waals surface area contributed by atoms with Gasteiger partial charge in [0.1, 0.15) is 0 Å². The highest BCUT2D eigenvalue weighted by Gasteiger charge is 2.26. The first-order chi connectivity index (χ1) is 19.6. The molecule has 0 spiro atoms. The van der Waals surface area contributed by atoms with E-state index in [2.05, 4.69) is 24.6 Å². The van der Waals surface area contributed by atoms with Gasteiger partial charge < -0.3 is 15.3 Å². The fourth-order valence-electron chi connectivity index (χ4n) is 4.74. The lowest BCUT2D eigenvalue weighted by Gasteiger charge is -2.30. The van der Waals surface area contributed by atoms with E-state index >= 15 is 0 Å². The fourth-order valence-corrected chi connectivity index (χ4v) is 4.74. The van der Waals surface area contributed by atoms with E-state index in [1.54, 1.807) is 17.1 Å². The normalized spacial score (nSPS) is 12.7. The number of likely N-dealkylation sites (N-methyl/N-ethyl adjacent to an activating group) is 1. The number of benzene rings is 2. The van der Waals surface area contributed by atoms with Crippen LogP contribution < -0.4 is 10.7 Å². The highest BCUT2D eigenvalue weighted by Crippen LogP contribution is 2.15. The van der Waals surface area contributed by atoms with E-state index in [-0.39, 0.29) is 24.3 Å². The van der Waals surface area contributed by atoms with Gasteiger partial charge in [-0.3, -0.25) is 19.8 Å².